The Morgan fingerprint density at radius 3 is 1.50 bits per heavy atom. The molecule has 0 aliphatic carbocycles. The summed E-state index contributed by atoms with van der Waals surface area (Å²) in [5, 5.41) is 0.903. The SMILES string of the molecule is Cc1cc(Cl)nc(N)n1.Nc1nc(Cl)cc(Cl)n1. The van der Waals surface area contributed by atoms with Crippen molar-refractivity contribution in [2.24, 2.45) is 0 Å². The molecule has 4 N–H and O–H groups in total. The molecule has 2 heterocycles. The highest BCUT2D eigenvalue weighted by molar-refractivity contribution is 6.33. The third-order valence-corrected chi connectivity index (χ3v) is 2.10. The molecule has 0 saturated carbocycles. The smallest absolute Gasteiger partial charge is 0.222 e. The summed E-state index contributed by atoms with van der Waals surface area (Å²) in [6.07, 6.45) is 0. The summed E-state index contributed by atoms with van der Waals surface area (Å²) in [5.74, 6) is 0.313. The summed E-state index contributed by atoms with van der Waals surface area (Å²) in [5.41, 5.74) is 11.2. The van der Waals surface area contributed by atoms with Crippen molar-refractivity contribution in [1.82, 2.24) is 19.9 Å². The normalized spacial score (nSPS) is 9.56. The van der Waals surface area contributed by atoms with Crippen molar-refractivity contribution in [2.75, 3.05) is 11.5 Å². The van der Waals surface area contributed by atoms with Crippen molar-refractivity contribution >= 4 is 46.7 Å². The molecule has 0 unspecified atom stereocenters. The maximum atomic E-state index is 5.52. The minimum Gasteiger partial charge on any atom is -0.368 e. The lowest BCUT2D eigenvalue weighted by molar-refractivity contribution is 1.12. The lowest BCUT2D eigenvalue weighted by Gasteiger charge is -1.93. The second-order valence-corrected chi connectivity index (χ2v) is 4.22. The van der Waals surface area contributed by atoms with Gasteiger partial charge in [0.2, 0.25) is 11.9 Å². The van der Waals surface area contributed by atoms with Crippen LogP contribution in [0.3, 0.4) is 0 Å². The average Bonchev–Trinajstić information content (AvgIpc) is 2.12. The highest BCUT2D eigenvalue weighted by Gasteiger charge is 1.95. The topological polar surface area (TPSA) is 104 Å². The van der Waals surface area contributed by atoms with Crippen LogP contribution >= 0.6 is 34.8 Å². The molecule has 18 heavy (non-hydrogen) atoms. The number of nitrogen functional groups attached to an aromatic ring is 2. The number of hydrogen-bond acceptors (Lipinski definition) is 6. The van der Waals surface area contributed by atoms with Crippen molar-refractivity contribution in [3.63, 3.8) is 0 Å². The first kappa shape index (κ1) is 14.7. The molecular formula is C9H9Cl3N6. The summed E-state index contributed by atoms with van der Waals surface area (Å²) in [7, 11) is 0. The zero-order valence-electron chi connectivity index (χ0n) is 9.23. The van der Waals surface area contributed by atoms with Gasteiger partial charge >= 0.3 is 0 Å². The van der Waals surface area contributed by atoms with Gasteiger partial charge in [0.05, 0.1) is 0 Å². The maximum absolute atomic E-state index is 5.52. The minimum atomic E-state index is 0.0903. The number of hydrogen-bond donors (Lipinski definition) is 2. The molecule has 0 aromatic carbocycles. The molecule has 0 amide bonds. The second kappa shape index (κ2) is 6.53. The molecule has 0 spiro atoms. The largest absolute Gasteiger partial charge is 0.368 e. The molecule has 0 radical (unpaired) electrons. The van der Waals surface area contributed by atoms with Gasteiger partial charge in [-0.05, 0) is 13.0 Å². The summed E-state index contributed by atoms with van der Waals surface area (Å²) in [6.45, 7) is 1.81. The molecular weight excluding hydrogens is 298 g/mol. The lowest BCUT2D eigenvalue weighted by Crippen LogP contribution is -1.95. The van der Waals surface area contributed by atoms with Crippen LogP contribution in [0.25, 0.3) is 0 Å². The zero-order chi connectivity index (χ0) is 13.7. The Labute approximate surface area is 118 Å². The average molecular weight is 308 g/mol. The van der Waals surface area contributed by atoms with E-state index in [1.165, 1.54) is 6.07 Å². The van der Waals surface area contributed by atoms with E-state index in [9.17, 15) is 0 Å². The van der Waals surface area contributed by atoms with E-state index in [0.717, 1.165) is 5.69 Å². The van der Waals surface area contributed by atoms with Gasteiger partial charge in [0.25, 0.3) is 0 Å². The quantitative estimate of drug-likeness (QED) is 0.724. The molecule has 0 fully saturated rings. The third kappa shape index (κ3) is 5.31. The van der Waals surface area contributed by atoms with Crippen LogP contribution in [-0.2, 0) is 0 Å². The van der Waals surface area contributed by atoms with E-state index < -0.39 is 0 Å². The number of nitrogens with two attached hydrogens (primary N) is 2. The Morgan fingerprint density at radius 1 is 0.778 bits per heavy atom. The van der Waals surface area contributed by atoms with E-state index in [1.807, 2.05) is 6.92 Å². The van der Waals surface area contributed by atoms with Crippen LogP contribution in [0.4, 0.5) is 11.9 Å². The van der Waals surface area contributed by atoms with Gasteiger partial charge in [-0.2, -0.15) is 0 Å². The Morgan fingerprint density at radius 2 is 1.17 bits per heavy atom. The molecule has 9 heteroatoms. The first-order valence-corrected chi connectivity index (χ1v) is 5.72. The second-order valence-electron chi connectivity index (χ2n) is 3.06. The predicted octanol–water partition coefficient (Wildman–Crippen LogP) is 2.39. The Hall–Kier alpha value is -1.37. The van der Waals surface area contributed by atoms with Crippen LogP contribution in [0.1, 0.15) is 5.69 Å². The van der Waals surface area contributed by atoms with Crippen molar-refractivity contribution in [1.29, 1.82) is 0 Å². The van der Waals surface area contributed by atoms with E-state index in [1.54, 1.807) is 6.07 Å². The summed E-state index contributed by atoms with van der Waals surface area (Å²) >= 11 is 16.4. The minimum absolute atomic E-state index is 0.0903. The van der Waals surface area contributed by atoms with Gasteiger partial charge in [0, 0.05) is 11.8 Å². The summed E-state index contributed by atoms with van der Waals surface area (Å²) < 4.78 is 0. The van der Waals surface area contributed by atoms with Crippen molar-refractivity contribution in [3.8, 4) is 0 Å². The highest BCUT2D eigenvalue weighted by Crippen LogP contribution is 2.11. The van der Waals surface area contributed by atoms with Crippen LogP contribution in [0.15, 0.2) is 12.1 Å². The molecule has 0 bridgehead atoms. The van der Waals surface area contributed by atoms with Gasteiger partial charge in [0.15, 0.2) is 0 Å². The Bertz CT molecular complexity index is 397. The molecule has 2 rings (SSSR count). The first-order valence-electron chi connectivity index (χ1n) is 4.59. The number of nitrogens with zero attached hydrogens (tertiary/aromatic N) is 4. The van der Waals surface area contributed by atoms with Gasteiger partial charge in [-0.3, -0.25) is 0 Å². The van der Waals surface area contributed by atoms with E-state index in [0.29, 0.717) is 5.15 Å². The van der Waals surface area contributed by atoms with Gasteiger partial charge in [0.1, 0.15) is 15.5 Å². The summed E-state index contributed by atoms with van der Waals surface area (Å²) in [4.78, 5) is 14.6. The molecule has 6 nitrogen and oxygen atoms in total. The van der Waals surface area contributed by atoms with Gasteiger partial charge in [-0.1, -0.05) is 34.8 Å². The molecule has 2 aromatic rings. The lowest BCUT2D eigenvalue weighted by atomic mass is 10.5. The van der Waals surface area contributed by atoms with Gasteiger partial charge in [-0.15, -0.1) is 0 Å². The van der Waals surface area contributed by atoms with E-state index in [-0.39, 0.29) is 22.2 Å². The molecule has 0 atom stereocenters. The van der Waals surface area contributed by atoms with E-state index in [4.69, 9.17) is 46.3 Å². The maximum Gasteiger partial charge on any atom is 0.222 e. The highest BCUT2D eigenvalue weighted by atomic mass is 35.5. The fraction of sp³-hybridized carbons (Fsp3) is 0.111. The third-order valence-electron chi connectivity index (χ3n) is 1.52. The number of aryl methyl sites for hydroxylation is 1. The number of anilines is 2. The number of aromatic nitrogens is 4. The Balaban J connectivity index is 0.000000180. The van der Waals surface area contributed by atoms with Gasteiger partial charge in [-0.25, -0.2) is 19.9 Å². The molecule has 2 aromatic heterocycles. The first-order chi connectivity index (χ1) is 8.36. The fourth-order valence-electron chi connectivity index (χ4n) is 0.959. The Kier molecular flexibility index (Phi) is 5.33. The van der Waals surface area contributed by atoms with Crippen LogP contribution < -0.4 is 11.5 Å². The van der Waals surface area contributed by atoms with Crippen LogP contribution in [0.2, 0.25) is 15.5 Å². The van der Waals surface area contributed by atoms with Crippen molar-refractivity contribution in [2.45, 2.75) is 6.92 Å². The van der Waals surface area contributed by atoms with Gasteiger partial charge < -0.3 is 11.5 Å². The molecule has 0 aliphatic heterocycles. The van der Waals surface area contributed by atoms with Crippen molar-refractivity contribution < 1.29 is 0 Å². The molecule has 0 saturated heterocycles. The molecule has 0 aliphatic rings. The standard InChI is InChI=1S/C5H6ClN3.C4H3Cl2N3/c1-3-2-4(6)9-5(7)8-3;5-2-1-3(6)9-4(7)8-2/h2H,1H3,(H2,7,8,9);1H,(H2,7,8,9). The monoisotopic (exact) mass is 306 g/mol. The van der Waals surface area contributed by atoms with E-state index in [2.05, 4.69) is 19.9 Å². The fourth-order valence-corrected chi connectivity index (χ4v) is 1.64. The van der Waals surface area contributed by atoms with Crippen LogP contribution in [-0.4, -0.2) is 19.9 Å². The van der Waals surface area contributed by atoms with Crippen LogP contribution in [0, 0.1) is 6.92 Å². The van der Waals surface area contributed by atoms with Crippen molar-refractivity contribution in [3.05, 3.63) is 33.3 Å². The predicted molar refractivity (Wildman–Crippen MR) is 72.7 cm³/mol. The van der Waals surface area contributed by atoms with E-state index >= 15 is 0 Å². The zero-order valence-corrected chi connectivity index (χ0v) is 11.5. The molecule has 96 valence electrons. The van der Waals surface area contributed by atoms with Crippen LogP contribution in [0.5, 0.6) is 0 Å². The number of rotatable bonds is 0. The summed E-state index contributed by atoms with van der Waals surface area (Å²) in [6, 6.07) is 3.07. The number of halogens is 3.